The summed E-state index contributed by atoms with van der Waals surface area (Å²) in [6, 6.07) is 14.8. The van der Waals surface area contributed by atoms with Crippen molar-refractivity contribution in [3.05, 3.63) is 70.9 Å². The van der Waals surface area contributed by atoms with Crippen LogP contribution in [0.4, 0.5) is 0 Å². The van der Waals surface area contributed by atoms with E-state index in [0.29, 0.717) is 16.3 Å². The molecule has 0 bridgehead atoms. The second-order valence-corrected chi connectivity index (χ2v) is 5.18. The molecule has 0 saturated carbocycles. The summed E-state index contributed by atoms with van der Waals surface area (Å²) >= 11 is 5.95. The van der Waals surface area contributed by atoms with Gasteiger partial charge in [-0.05, 0) is 35.9 Å². The van der Waals surface area contributed by atoms with E-state index in [1.807, 2.05) is 30.3 Å². The molecular weight excluding hydrogens is 286 g/mol. The summed E-state index contributed by atoms with van der Waals surface area (Å²) in [6.07, 6.45) is 0.975. The van der Waals surface area contributed by atoms with Gasteiger partial charge in [0, 0.05) is 22.2 Å². The number of aliphatic hydroxyl groups is 1. The Bertz CT molecular complexity index is 789. The third-order valence-electron chi connectivity index (χ3n) is 3.43. The van der Waals surface area contributed by atoms with Crippen molar-refractivity contribution in [2.45, 2.75) is 6.10 Å². The first-order valence-electron chi connectivity index (χ1n) is 6.55. The van der Waals surface area contributed by atoms with Crippen molar-refractivity contribution in [1.82, 2.24) is 4.98 Å². The first-order valence-corrected chi connectivity index (χ1v) is 6.93. The minimum Gasteiger partial charge on any atom is -0.496 e. The summed E-state index contributed by atoms with van der Waals surface area (Å²) in [5, 5.41) is 12.2. The zero-order valence-electron chi connectivity index (χ0n) is 11.5. The van der Waals surface area contributed by atoms with Gasteiger partial charge in [-0.2, -0.15) is 0 Å². The number of methoxy groups -OCH3 is 1. The molecule has 4 heteroatoms. The highest BCUT2D eigenvalue weighted by Gasteiger charge is 2.16. The lowest BCUT2D eigenvalue weighted by Crippen LogP contribution is -2.02. The molecule has 3 nitrogen and oxygen atoms in total. The minimum atomic E-state index is -0.776. The predicted octanol–water partition coefficient (Wildman–Crippen LogP) is 3.98. The van der Waals surface area contributed by atoms with E-state index in [1.54, 1.807) is 31.5 Å². The molecule has 0 aliphatic rings. The number of benzene rings is 2. The number of ether oxygens (including phenoxy) is 1. The third kappa shape index (κ3) is 2.71. The SMILES string of the molecule is COc1cc(Cl)ccc1C(O)c1ccc2ncccc2c1. The highest BCUT2D eigenvalue weighted by atomic mass is 35.5. The van der Waals surface area contributed by atoms with Crippen LogP contribution in [0.25, 0.3) is 10.9 Å². The minimum absolute atomic E-state index is 0.571. The molecule has 1 heterocycles. The van der Waals surface area contributed by atoms with Crippen molar-refractivity contribution in [2.24, 2.45) is 0 Å². The van der Waals surface area contributed by atoms with E-state index in [9.17, 15) is 5.11 Å². The smallest absolute Gasteiger partial charge is 0.126 e. The molecular formula is C17H14ClNO2. The lowest BCUT2D eigenvalue weighted by atomic mass is 9.99. The largest absolute Gasteiger partial charge is 0.496 e. The fraction of sp³-hybridized carbons (Fsp3) is 0.118. The van der Waals surface area contributed by atoms with E-state index in [1.165, 1.54) is 0 Å². The number of nitrogens with zero attached hydrogens (tertiary/aromatic N) is 1. The molecule has 3 aromatic rings. The first-order chi connectivity index (χ1) is 10.2. The maximum atomic E-state index is 10.6. The zero-order valence-corrected chi connectivity index (χ0v) is 12.2. The van der Waals surface area contributed by atoms with Crippen LogP contribution in [0.5, 0.6) is 5.75 Å². The topological polar surface area (TPSA) is 42.4 Å². The van der Waals surface area contributed by atoms with Gasteiger partial charge >= 0.3 is 0 Å². The summed E-state index contributed by atoms with van der Waals surface area (Å²) in [4.78, 5) is 4.28. The van der Waals surface area contributed by atoms with Gasteiger partial charge in [-0.1, -0.05) is 29.8 Å². The number of hydrogen-bond donors (Lipinski definition) is 1. The van der Waals surface area contributed by atoms with Crippen LogP contribution in [-0.4, -0.2) is 17.2 Å². The Hall–Kier alpha value is -2.10. The van der Waals surface area contributed by atoms with Crippen LogP contribution < -0.4 is 4.74 Å². The molecule has 0 amide bonds. The van der Waals surface area contributed by atoms with Crippen LogP contribution in [0, 0.1) is 0 Å². The molecule has 21 heavy (non-hydrogen) atoms. The second-order valence-electron chi connectivity index (χ2n) is 4.74. The summed E-state index contributed by atoms with van der Waals surface area (Å²) in [6.45, 7) is 0. The van der Waals surface area contributed by atoms with Crippen molar-refractivity contribution in [2.75, 3.05) is 7.11 Å². The molecule has 0 radical (unpaired) electrons. The van der Waals surface area contributed by atoms with Crippen LogP contribution in [0.3, 0.4) is 0 Å². The number of rotatable bonds is 3. The fourth-order valence-corrected chi connectivity index (χ4v) is 2.52. The Morgan fingerprint density at radius 2 is 2.00 bits per heavy atom. The monoisotopic (exact) mass is 299 g/mol. The quantitative estimate of drug-likeness (QED) is 0.795. The highest BCUT2D eigenvalue weighted by Crippen LogP contribution is 2.33. The normalized spacial score (nSPS) is 12.3. The summed E-state index contributed by atoms with van der Waals surface area (Å²) in [5.41, 5.74) is 2.37. The lowest BCUT2D eigenvalue weighted by Gasteiger charge is -2.16. The van der Waals surface area contributed by atoms with E-state index in [4.69, 9.17) is 16.3 Å². The van der Waals surface area contributed by atoms with Gasteiger partial charge in [0.1, 0.15) is 11.9 Å². The fourth-order valence-electron chi connectivity index (χ4n) is 2.35. The van der Waals surface area contributed by atoms with Gasteiger partial charge in [0.2, 0.25) is 0 Å². The Morgan fingerprint density at radius 3 is 2.81 bits per heavy atom. The summed E-state index contributed by atoms with van der Waals surface area (Å²) in [5.74, 6) is 0.571. The predicted molar refractivity (Wildman–Crippen MR) is 83.8 cm³/mol. The Labute approximate surface area is 127 Å². The highest BCUT2D eigenvalue weighted by molar-refractivity contribution is 6.30. The van der Waals surface area contributed by atoms with Crippen molar-refractivity contribution in [3.8, 4) is 5.75 Å². The number of halogens is 1. The van der Waals surface area contributed by atoms with E-state index in [2.05, 4.69) is 4.98 Å². The van der Waals surface area contributed by atoms with E-state index >= 15 is 0 Å². The molecule has 1 aromatic heterocycles. The van der Waals surface area contributed by atoms with Crippen molar-refractivity contribution >= 4 is 22.5 Å². The van der Waals surface area contributed by atoms with Crippen LogP contribution in [0.15, 0.2) is 54.7 Å². The zero-order chi connectivity index (χ0) is 14.8. The van der Waals surface area contributed by atoms with E-state index in [-0.39, 0.29) is 0 Å². The maximum absolute atomic E-state index is 10.6. The Balaban J connectivity index is 2.05. The average molecular weight is 300 g/mol. The van der Waals surface area contributed by atoms with Gasteiger partial charge in [0.25, 0.3) is 0 Å². The van der Waals surface area contributed by atoms with Crippen LogP contribution in [-0.2, 0) is 0 Å². The Morgan fingerprint density at radius 1 is 1.14 bits per heavy atom. The second kappa shape index (κ2) is 5.72. The molecule has 2 aromatic carbocycles. The molecule has 106 valence electrons. The van der Waals surface area contributed by atoms with Gasteiger partial charge in [0.15, 0.2) is 0 Å². The number of hydrogen-bond acceptors (Lipinski definition) is 3. The number of aliphatic hydroxyl groups excluding tert-OH is 1. The standard InChI is InChI=1S/C17H14ClNO2/c1-21-16-10-13(18)5-6-14(16)17(20)12-4-7-15-11(9-12)3-2-8-19-15/h2-10,17,20H,1H3. The van der Waals surface area contributed by atoms with Crippen molar-refractivity contribution in [3.63, 3.8) is 0 Å². The molecule has 0 aliphatic heterocycles. The lowest BCUT2D eigenvalue weighted by molar-refractivity contribution is 0.215. The van der Waals surface area contributed by atoms with Crippen LogP contribution in [0.1, 0.15) is 17.2 Å². The van der Waals surface area contributed by atoms with Gasteiger partial charge in [-0.15, -0.1) is 0 Å². The summed E-state index contributed by atoms with van der Waals surface area (Å²) in [7, 11) is 1.56. The van der Waals surface area contributed by atoms with Gasteiger partial charge < -0.3 is 9.84 Å². The van der Waals surface area contributed by atoms with E-state index in [0.717, 1.165) is 16.5 Å². The molecule has 0 aliphatic carbocycles. The Kier molecular flexibility index (Phi) is 3.78. The molecule has 1 N–H and O–H groups in total. The molecule has 0 saturated heterocycles. The average Bonchev–Trinajstić information content (AvgIpc) is 2.53. The maximum Gasteiger partial charge on any atom is 0.126 e. The molecule has 3 rings (SSSR count). The first kappa shape index (κ1) is 13.9. The number of aromatic nitrogens is 1. The number of pyridine rings is 1. The van der Waals surface area contributed by atoms with Gasteiger partial charge in [-0.3, -0.25) is 4.98 Å². The number of fused-ring (bicyclic) bond motifs is 1. The third-order valence-corrected chi connectivity index (χ3v) is 3.67. The van der Waals surface area contributed by atoms with Crippen LogP contribution in [0.2, 0.25) is 5.02 Å². The van der Waals surface area contributed by atoms with Crippen molar-refractivity contribution in [1.29, 1.82) is 0 Å². The molecule has 1 unspecified atom stereocenters. The van der Waals surface area contributed by atoms with Gasteiger partial charge in [0.05, 0.1) is 12.6 Å². The molecule has 0 fully saturated rings. The molecule has 1 atom stereocenters. The van der Waals surface area contributed by atoms with Gasteiger partial charge in [-0.25, -0.2) is 0 Å². The van der Waals surface area contributed by atoms with Crippen molar-refractivity contribution < 1.29 is 9.84 Å². The van der Waals surface area contributed by atoms with Crippen LogP contribution >= 0.6 is 11.6 Å². The summed E-state index contributed by atoms with van der Waals surface area (Å²) < 4.78 is 5.30. The van der Waals surface area contributed by atoms with E-state index < -0.39 is 6.10 Å². The molecule has 0 spiro atoms.